The lowest BCUT2D eigenvalue weighted by Gasteiger charge is -2.07. The maximum absolute atomic E-state index is 12.0. The highest BCUT2D eigenvalue weighted by Gasteiger charge is 2.12. The van der Waals surface area contributed by atoms with Crippen molar-refractivity contribution < 1.29 is 8.42 Å². The van der Waals surface area contributed by atoms with Gasteiger partial charge in [-0.05, 0) is 18.2 Å². The minimum atomic E-state index is -3.33. The van der Waals surface area contributed by atoms with Crippen LogP contribution in [0.25, 0.3) is 0 Å². The molecule has 0 radical (unpaired) electrons. The number of nitrogens with zero attached hydrogens (tertiary/aromatic N) is 1. The number of hydrogen-bond donors (Lipinski definition) is 2. The van der Waals surface area contributed by atoms with Crippen LogP contribution in [-0.2, 0) is 28.9 Å². The second kappa shape index (κ2) is 6.94. The molecule has 0 atom stereocenters. The standard InChI is InChI=1S/C13H17N3O2S2/c1-14-6-11-3-2-4-12(5-11)9-20(17,18)16-8-13-7-15-10-19-13/h2-5,7,10,14,16H,6,8-9H2,1H3. The summed E-state index contributed by atoms with van der Waals surface area (Å²) in [5, 5.41) is 3.05. The molecule has 0 fully saturated rings. The van der Waals surface area contributed by atoms with Gasteiger partial charge in [-0.3, -0.25) is 4.98 Å². The Kier molecular flexibility index (Phi) is 5.24. The molecule has 0 saturated carbocycles. The maximum Gasteiger partial charge on any atom is 0.216 e. The molecule has 108 valence electrons. The molecule has 1 aromatic carbocycles. The zero-order valence-electron chi connectivity index (χ0n) is 11.2. The number of aromatic nitrogens is 1. The van der Waals surface area contributed by atoms with E-state index in [1.54, 1.807) is 11.7 Å². The van der Waals surface area contributed by atoms with Crippen molar-refractivity contribution in [2.45, 2.75) is 18.8 Å². The van der Waals surface area contributed by atoms with Crippen LogP contribution in [0.5, 0.6) is 0 Å². The topological polar surface area (TPSA) is 71.1 Å². The quantitative estimate of drug-likeness (QED) is 0.812. The van der Waals surface area contributed by atoms with Gasteiger partial charge < -0.3 is 5.32 Å². The highest BCUT2D eigenvalue weighted by molar-refractivity contribution is 7.88. The highest BCUT2D eigenvalue weighted by Crippen LogP contribution is 2.10. The molecule has 2 aromatic rings. The van der Waals surface area contributed by atoms with E-state index in [-0.39, 0.29) is 5.75 Å². The highest BCUT2D eigenvalue weighted by atomic mass is 32.2. The predicted molar refractivity (Wildman–Crippen MR) is 80.8 cm³/mol. The molecule has 20 heavy (non-hydrogen) atoms. The summed E-state index contributed by atoms with van der Waals surface area (Å²) < 4.78 is 26.6. The number of sulfonamides is 1. The molecule has 0 bridgehead atoms. The average Bonchev–Trinajstić information content (AvgIpc) is 2.90. The zero-order valence-corrected chi connectivity index (χ0v) is 12.8. The lowest BCUT2D eigenvalue weighted by Crippen LogP contribution is -2.24. The number of rotatable bonds is 7. The maximum atomic E-state index is 12.0. The van der Waals surface area contributed by atoms with Crippen LogP contribution >= 0.6 is 11.3 Å². The Morgan fingerprint density at radius 3 is 2.75 bits per heavy atom. The molecule has 5 nitrogen and oxygen atoms in total. The fraction of sp³-hybridized carbons (Fsp3) is 0.308. The number of nitrogens with one attached hydrogen (secondary N) is 2. The fourth-order valence-corrected chi connectivity index (χ4v) is 3.54. The molecule has 0 aliphatic rings. The van der Waals surface area contributed by atoms with Crippen LogP contribution in [0.3, 0.4) is 0 Å². The van der Waals surface area contributed by atoms with Crippen molar-refractivity contribution in [1.29, 1.82) is 0 Å². The first-order valence-corrected chi connectivity index (χ1v) is 8.69. The predicted octanol–water partition coefficient (Wildman–Crippen LogP) is 1.48. The Bertz CT molecular complexity index is 639. The van der Waals surface area contributed by atoms with Gasteiger partial charge >= 0.3 is 0 Å². The van der Waals surface area contributed by atoms with E-state index in [4.69, 9.17) is 0 Å². The first-order chi connectivity index (χ1) is 9.59. The minimum Gasteiger partial charge on any atom is -0.316 e. The van der Waals surface area contributed by atoms with Crippen molar-refractivity contribution in [2.75, 3.05) is 7.05 Å². The Hall–Kier alpha value is -1.28. The molecule has 0 amide bonds. The van der Waals surface area contributed by atoms with Gasteiger partial charge in [0.05, 0.1) is 11.3 Å². The van der Waals surface area contributed by atoms with Crippen LogP contribution in [0.4, 0.5) is 0 Å². The Labute approximate surface area is 123 Å². The normalized spacial score (nSPS) is 11.7. The summed E-state index contributed by atoms with van der Waals surface area (Å²) in [5.74, 6) is -0.0106. The van der Waals surface area contributed by atoms with E-state index in [9.17, 15) is 8.42 Å². The third-order valence-corrected chi connectivity index (χ3v) is 4.76. The van der Waals surface area contributed by atoms with Gasteiger partial charge in [-0.2, -0.15) is 0 Å². The van der Waals surface area contributed by atoms with Gasteiger partial charge in [0.2, 0.25) is 10.0 Å². The van der Waals surface area contributed by atoms with E-state index >= 15 is 0 Å². The van der Waals surface area contributed by atoms with Gasteiger partial charge in [0, 0.05) is 24.2 Å². The Morgan fingerprint density at radius 2 is 2.05 bits per heavy atom. The van der Waals surface area contributed by atoms with Crippen LogP contribution < -0.4 is 10.0 Å². The van der Waals surface area contributed by atoms with Crippen LogP contribution in [0.2, 0.25) is 0 Å². The van der Waals surface area contributed by atoms with Crippen molar-refractivity contribution in [3.05, 3.63) is 52.0 Å². The molecule has 0 aliphatic carbocycles. The summed E-state index contributed by atoms with van der Waals surface area (Å²) in [4.78, 5) is 4.82. The molecule has 0 aliphatic heterocycles. The van der Waals surface area contributed by atoms with Gasteiger partial charge in [0.15, 0.2) is 0 Å². The molecule has 2 N–H and O–H groups in total. The molecular weight excluding hydrogens is 294 g/mol. The molecule has 0 spiro atoms. The van der Waals surface area contributed by atoms with E-state index in [0.717, 1.165) is 22.5 Å². The monoisotopic (exact) mass is 311 g/mol. The summed E-state index contributed by atoms with van der Waals surface area (Å²) in [6.45, 7) is 1.02. The number of benzene rings is 1. The molecule has 0 unspecified atom stereocenters. The van der Waals surface area contributed by atoms with Crippen molar-refractivity contribution in [1.82, 2.24) is 15.0 Å². The van der Waals surface area contributed by atoms with Gasteiger partial charge in [-0.15, -0.1) is 11.3 Å². The second-order valence-electron chi connectivity index (χ2n) is 4.40. The fourth-order valence-electron chi connectivity index (χ4n) is 1.81. The van der Waals surface area contributed by atoms with Crippen molar-refractivity contribution >= 4 is 21.4 Å². The van der Waals surface area contributed by atoms with E-state index in [1.165, 1.54) is 11.3 Å². The van der Waals surface area contributed by atoms with Crippen molar-refractivity contribution in [2.24, 2.45) is 0 Å². The van der Waals surface area contributed by atoms with Gasteiger partial charge in [0.25, 0.3) is 0 Å². The summed E-state index contributed by atoms with van der Waals surface area (Å²) in [6.07, 6.45) is 1.67. The van der Waals surface area contributed by atoms with Crippen LogP contribution in [0, 0.1) is 0 Å². The number of hydrogen-bond acceptors (Lipinski definition) is 5. The van der Waals surface area contributed by atoms with Crippen LogP contribution in [-0.4, -0.2) is 20.4 Å². The minimum absolute atomic E-state index is 0.0106. The lowest BCUT2D eigenvalue weighted by molar-refractivity contribution is 0.581. The largest absolute Gasteiger partial charge is 0.316 e. The van der Waals surface area contributed by atoms with Crippen molar-refractivity contribution in [3.8, 4) is 0 Å². The lowest BCUT2D eigenvalue weighted by atomic mass is 10.1. The smallest absolute Gasteiger partial charge is 0.216 e. The van der Waals surface area contributed by atoms with Crippen molar-refractivity contribution in [3.63, 3.8) is 0 Å². The van der Waals surface area contributed by atoms with Gasteiger partial charge in [-0.25, -0.2) is 13.1 Å². The zero-order chi connectivity index (χ0) is 14.4. The first-order valence-electron chi connectivity index (χ1n) is 6.16. The van der Waals surface area contributed by atoms with E-state index < -0.39 is 10.0 Å². The number of thiazole rings is 1. The Balaban J connectivity index is 1.98. The van der Waals surface area contributed by atoms with E-state index in [2.05, 4.69) is 15.0 Å². The summed E-state index contributed by atoms with van der Waals surface area (Å²) >= 11 is 1.43. The van der Waals surface area contributed by atoms with Crippen LogP contribution in [0.1, 0.15) is 16.0 Å². The van der Waals surface area contributed by atoms with E-state index in [1.807, 2.05) is 31.3 Å². The molecule has 2 rings (SSSR count). The third kappa shape index (κ3) is 4.68. The van der Waals surface area contributed by atoms with Gasteiger partial charge in [-0.1, -0.05) is 24.3 Å². The summed E-state index contributed by atoms with van der Waals surface area (Å²) in [7, 11) is -1.47. The second-order valence-corrected chi connectivity index (χ2v) is 7.18. The molecule has 1 aromatic heterocycles. The molecule has 0 saturated heterocycles. The summed E-state index contributed by atoms with van der Waals surface area (Å²) in [6, 6.07) is 7.57. The summed E-state index contributed by atoms with van der Waals surface area (Å²) in [5.41, 5.74) is 3.54. The Morgan fingerprint density at radius 1 is 1.25 bits per heavy atom. The van der Waals surface area contributed by atoms with E-state index in [0.29, 0.717) is 6.54 Å². The SMILES string of the molecule is CNCc1cccc(CS(=O)(=O)NCc2cncs2)c1. The average molecular weight is 311 g/mol. The third-order valence-electron chi connectivity index (χ3n) is 2.68. The molecule has 1 heterocycles. The first kappa shape index (κ1) is 15.1. The molecule has 7 heteroatoms. The molecular formula is C13H17N3O2S2. The van der Waals surface area contributed by atoms with Crippen LogP contribution in [0.15, 0.2) is 36.0 Å². The van der Waals surface area contributed by atoms with Gasteiger partial charge in [0.1, 0.15) is 0 Å².